The van der Waals surface area contributed by atoms with Crippen LogP contribution in [0, 0.1) is 5.92 Å². The number of halogens is 2. The van der Waals surface area contributed by atoms with Crippen molar-refractivity contribution in [1.82, 2.24) is 4.90 Å². The van der Waals surface area contributed by atoms with Crippen molar-refractivity contribution in [3.8, 4) is 0 Å². The van der Waals surface area contributed by atoms with Gasteiger partial charge in [0.05, 0.1) is 10.0 Å². The Labute approximate surface area is 142 Å². The summed E-state index contributed by atoms with van der Waals surface area (Å²) in [7, 11) is 0. The van der Waals surface area contributed by atoms with E-state index in [1.807, 2.05) is 0 Å². The van der Waals surface area contributed by atoms with Gasteiger partial charge in [0.1, 0.15) is 0 Å². The molecule has 1 aromatic rings. The molecular weight excluding hydrogens is 317 g/mol. The maximum Gasteiger partial charge on any atom is 0.166 e. The monoisotopic (exact) mass is 337 g/mol. The minimum absolute atomic E-state index is 0.112. The first-order valence-corrected chi connectivity index (χ1v) is 8.81. The third-order valence-electron chi connectivity index (χ3n) is 4.80. The van der Waals surface area contributed by atoms with Crippen LogP contribution < -0.4 is 0 Å². The number of hydrogen-bond acceptors (Lipinski definition) is 2. The molecule has 0 saturated carbocycles. The van der Waals surface area contributed by atoms with E-state index in [1.165, 1.54) is 19.3 Å². The molecule has 1 saturated heterocycles. The molecule has 0 spiro atoms. The molecule has 0 bridgehead atoms. The van der Waals surface area contributed by atoms with Gasteiger partial charge in [-0.25, -0.2) is 0 Å². The van der Waals surface area contributed by atoms with Crippen molar-refractivity contribution in [3.63, 3.8) is 0 Å². The molecule has 2 aliphatic rings. The number of carbonyl (C=O) groups excluding carboxylic acids is 1. The highest BCUT2D eigenvalue weighted by Crippen LogP contribution is 2.28. The van der Waals surface area contributed by atoms with Gasteiger partial charge in [-0.3, -0.25) is 9.69 Å². The molecule has 3 rings (SSSR count). The highest BCUT2D eigenvalue weighted by atomic mass is 35.5. The smallest absolute Gasteiger partial charge is 0.166 e. The molecule has 0 amide bonds. The summed E-state index contributed by atoms with van der Waals surface area (Å²) in [5, 5.41) is 0.953. The highest BCUT2D eigenvalue weighted by molar-refractivity contribution is 6.42. The summed E-state index contributed by atoms with van der Waals surface area (Å²) in [5.41, 5.74) is 0.686. The molecule has 0 aromatic heterocycles. The van der Waals surface area contributed by atoms with Crippen LogP contribution in [0.3, 0.4) is 0 Å². The number of likely N-dealkylation sites (tertiary alicyclic amines) is 1. The number of allylic oxidation sites excluding steroid dienone is 1. The number of piperidine rings is 1. The molecule has 1 heterocycles. The van der Waals surface area contributed by atoms with Gasteiger partial charge in [-0.05, 0) is 63.4 Å². The van der Waals surface area contributed by atoms with Crippen LogP contribution in [0.25, 0.3) is 0 Å². The van der Waals surface area contributed by atoms with E-state index < -0.39 is 0 Å². The predicted molar refractivity (Wildman–Crippen MR) is 91.9 cm³/mol. The Morgan fingerprint density at radius 2 is 1.86 bits per heavy atom. The van der Waals surface area contributed by atoms with Crippen molar-refractivity contribution in [3.05, 3.63) is 46.0 Å². The zero-order valence-corrected chi connectivity index (χ0v) is 14.1. The number of nitrogens with zero attached hydrogens (tertiary/aromatic N) is 1. The molecule has 0 radical (unpaired) electrons. The third kappa shape index (κ3) is 3.56. The van der Waals surface area contributed by atoms with E-state index in [4.69, 9.17) is 23.2 Å². The highest BCUT2D eigenvalue weighted by Gasteiger charge is 2.28. The first-order valence-electron chi connectivity index (χ1n) is 8.05. The van der Waals surface area contributed by atoms with Gasteiger partial charge in [0.15, 0.2) is 5.78 Å². The number of ketones is 1. The fourth-order valence-corrected chi connectivity index (χ4v) is 3.78. The standard InChI is InChI=1S/C18H21Cl2NO/c19-16-7-6-14(12-17(16)20)18(22)13-8-10-21(11-9-13)15-4-2-1-3-5-15/h2,4,6-7,12-13,15H,1,3,5,8-11H2. The van der Waals surface area contributed by atoms with Gasteiger partial charge in [-0.2, -0.15) is 0 Å². The van der Waals surface area contributed by atoms with Crippen molar-refractivity contribution < 1.29 is 4.79 Å². The van der Waals surface area contributed by atoms with E-state index >= 15 is 0 Å². The first-order chi connectivity index (χ1) is 10.6. The van der Waals surface area contributed by atoms with Crippen LogP contribution in [0.5, 0.6) is 0 Å². The molecular formula is C18H21Cl2NO. The van der Waals surface area contributed by atoms with E-state index in [-0.39, 0.29) is 11.7 Å². The van der Waals surface area contributed by atoms with Crippen LogP contribution in [0.1, 0.15) is 42.5 Å². The number of carbonyl (C=O) groups is 1. The maximum atomic E-state index is 12.6. The molecule has 118 valence electrons. The lowest BCUT2D eigenvalue weighted by atomic mass is 9.87. The Balaban J connectivity index is 1.60. The lowest BCUT2D eigenvalue weighted by molar-refractivity contribution is 0.0809. The van der Waals surface area contributed by atoms with Gasteiger partial charge < -0.3 is 0 Å². The van der Waals surface area contributed by atoms with Crippen LogP contribution in [-0.4, -0.2) is 29.8 Å². The summed E-state index contributed by atoms with van der Waals surface area (Å²) < 4.78 is 0. The van der Waals surface area contributed by atoms with Gasteiger partial charge in [0.2, 0.25) is 0 Å². The Morgan fingerprint density at radius 3 is 2.50 bits per heavy atom. The molecule has 1 atom stereocenters. The molecule has 1 unspecified atom stereocenters. The number of benzene rings is 1. The lowest BCUT2D eigenvalue weighted by Crippen LogP contribution is -2.42. The summed E-state index contributed by atoms with van der Waals surface area (Å²) >= 11 is 11.9. The average Bonchev–Trinajstić information content (AvgIpc) is 2.58. The van der Waals surface area contributed by atoms with Crippen molar-refractivity contribution in [2.45, 2.75) is 38.1 Å². The van der Waals surface area contributed by atoms with E-state index in [0.717, 1.165) is 25.9 Å². The summed E-state index contributed by atoms with van der Waals surface area (Å²) in [6.45, 7) is 2.01. The van der Waals surface area contributed by atoms with Crippen molar-refractivity contribution >= 4 is 29.0 Å². The van der Waals surface area contributed by atoms with Crippen molar-refractivity contribution in [2.75, 3.05) is 13.1 Å². The fourth-order valence-electron chi connectivity index (χ4n) is 3.48. The van der Waals surface area contributed by atoms with Crippen LogP contribution in [0.2, 0.25) is 10.0 Å². The summed E-state index contributed by atoms with van der Waals surface area (Å²) in [4.78, 5) is 15.1. The Morgan fingerprint density at radius 1 is 1.09 bits per heavy atom. The van der Waals surface area contributed by atoms with Crippen LogP contribution in [0.4, 0.5) is 0 Å². The number of Topliss-reactive ketones (excluding diaryl/α,β-unsaturated/α-hetero) is 1. The predicted octanol–water partition coefficient (Wildman–Crippen LogP) is 5.00. The van der Waals surface area contributed by atoms with Gasteiger partial charge >= 0.3 is 0 Å². The van der Waals surface area contributed by atoms with Gasteiger partial charge in [0.25, 0.3) is 0 Å². The minimum atomic E-state index is 0.112. The van der Waals surface area contributed by atoms with Crippen LogP contribution >= 0.6 is 23.2 Å². The van der Waals surface area contributed by atoms with Crippen LogP contribution in [-0.2, 0) is 0 Å². The Kier molecular flexibility index (Phi) is 5.22. The molecule has 2 nitrogen and oxygen atoms in total. The van der Waals surface area contributed by atoms with Gasteiger partial charge in [0, 0.05) is 17.5 Å². The number of hydrogen-bond donors (Lipinski definition) is 0. The quantitative estimate of drug-likeness (QED) is 0.571. The second kappa shape index (κ2) is 7.16. The van der Waals surface area contributed by atoms with E-state index in [0.29, 0.717) is 21.7 Å². The van der Waals surface area contributed by atoms with Gasteiger partial charge in [-0.1, -0.05) is 35.4 Å². The second-order valence-electron chi connectivity index (χ2n) is 6.23. The fraction of sp³-hybridized carbons (Fsp3) is 0.500. The second-order valence-corrected chi connectivity index (χ2v) is 7.04. The topological polar surface area (TPSA) is 20.3 Å². The Bertz CT molecular complexity index is 576. The third-order valence-corrected chi connectivity index (χ3v) is 5.54. The molecule has 0 N–H and O–H groups in total. The average molecular weight is 338 g/mol. The summed E-state index contributed by atoms with van der Waals surface area (Å²) in [6, 6.07) is 5.77. The largest absolute Gasteiger partial charge is 0.297 e. The van der Waals surface area contributed by atoms with E-state index in [1.54, 1.807) is 18.2 Å². The Hall–Kier alpha value is -0.830. The van der Waals surface area contributed by atoms with Crippen LogP contribution in [0.15, 0.2) is 30.4 Å². The van der Waals surface area contributed by atoms with Crippen molar-refractivity contribution in [1.29, 1.82) is 0 Å². The molecule has 1 aliphatic carbocycles. The zero-order chi connectivity index (χ0) is 15.5. The lowest BCUT2D eigenvalue weighted by Gasteiger charge is -2.37. The van der Waals surface area contributed by atoms with Gasteiger partial charge in [-0.15, -0.1) is 0 Å². The molecule has 4 heteroatoms. The first kappa shape index (κ1) is 16.0. The molecule has 1 aromatic carbocycles. The molecule has 22 heavy (non-hydrogen) atoms. The maximum absolute atomic E-state index is 12.6. The van der Waals surface area contributed by atoms with E-state index in [9.17, 15) is 4.79 Å². The minimum Gasteiger partial charge on any atom is -0.297 e. The summed E-state index contributed by atoms with van der Waals surface area (Å²) in [6.07, 6.45) is 10.2. The van der Waals surface area contributed by atoms with Crippen molar-refractivity contribution in [2.24, 2.45) is 5.92 Å². The van der Waals surface area contributed by atoms with E-state index in [2.05, 4.69) is 17.1 Å². The molecule has 1 aliphatic heterocycles. The number of rotatable bonds is 3. The molecule has 1 fully saturated rings. The SMILES string of the molecule is O=C(c1ccc(Cl)c(Cl)c1)C1CCN(C2C=CCCC2)CC1. The zero-order valence-electron chi connectivity index (χ0n) is 12.6. The normalized spacial score (nSPS) is 23.6. The summed E-state index contributed by atoms with van der Waals surface area (Å²) in [5.74, 6) is 0.318.